The number of hydrogen-bond acceptors (Lipinski definition) is 4. The molecule has 1 atom stereocenters. The van der Waals surface area contributed by atoms with Gasteiger partial charge in [-0.3, -0.25) is 4.79 Å². The third kappa shape index (κ3) is 4.06. The Balaban J connectivity index is 1.38. The molecular weight excluding hydrogens is 407 g/mol. The molecule has 0 N–H and O–H groups in total. The van der Waals surface area contributed by atoms with Gasteiger partial charge < -0.3 is 13.9 Å². The van der Waals surface area contributed by atoms with Crippen LogP contribution in [0, 0.1) is 5.82 Å². The van der Waals surface area contributed by atoms with Crippen LogP contribution in [0.2, 0.25) is 0 Å². The SMILES string of the molecule is O=C(c1ccccc1-n1cccc1)N1CCCC[C@H]1Cc1nnc(-c2cccc(F)c2)o1. The Labute approximate surface area is 185 Å². The first-order valence-corrected chi connectivity index (χ1v) is 10.8. The van der Waals surface area contributed by atoms with Crippen molar-refractivity contribution in [1.82, 2.24) is 19.7 Å². The molecule has 0 bridgehead atoms. The number of nitrogens with zero attached hydrogens (tertiary/aromatic N) is 4. The van der Waals surface area contributed by atoms with Gasteiger partial charge in [-0.15, -0.1) is 10.2 Å². The van der Waals surface area contributed by atoms with Gasteiger partial charge in [0, 0.05) is 37.0 Å². The quantitative estimate of drug-likeness (QED) is 0.452. The molecule has 0 radical (unpaired) electrons. The van der Waals surface area contributed by atoms with Crippen molar-refractivity contribution in [3.05, 3.63) is 90.3 Å². The van der Waals surface area contributed by atoms with Crippen LogP contribution in [0.25, 0.3) is 17.1 Å². The highest BCUT2D eigenvalue weighted by molar-refractivity contribution is 5.98. The molecule has 6 nitrogen and oxygen atoms in total. The van der Waals surface area contributed by atoms with E-state index in [1.54, 1.807) is 12.1 Å². The van der Waals surface area contributed by atoms with Crippen LogP contribution in [0.4, 0.5) is 4.39 Å². The van der Waals surface area contributed by atoms with Crippen LogP contribution in [-0.4, -0.2) is 38.2 Å². The number of carbonyl (C=O) groups excluding carboxylic acids is 1. The molecule has 7 heteroatoms. The van der Waals surface area contributed by atoms with E-state index in [-0.39, 0.29) is 23.7 Å². The maximum absolute atomic E-state index is 13.6. The Kier molecular flexibility index (Phi) is 5.54. The zero-order valence-corrected chi connectivity index (χ0v) is 17.5. The Morgan fingerprint density at radius 3 is 2.72 bits per heavy atom. The molecule has 1 fully saturated rings. The average Bonchev–Trinajstić information content (AvgIpc) is 3.52. The van der Waals surface area contributed by atoms with E-state index in [0.717, 1.165) is 24.9 Å². The van der Waals surface area contributed by atoms with Gasteiger partial charge >= 0.3 is 0 Å². The summed E-state index contributed by atoms with van der Waals surface area (Å²) in [5, 5.41) is 8.24. The number of piperidine rings is 1. The van der Waals surface area contributed by atoms with E-state index in [1.807, 2.05) is 58.3 Å². The minimum absolute atomic E-state index is 0.00358. The van der Waals surface area contributed by atoms with E-state index in [0.29, 0.717) is 30.0 Å². The maximum atomic E-state index is 13.6. The maximum Gasteiger partial charge on any atom is 0.256 e. The second-order valence-electron chi connectivity index (χ2n) is 7.97. The van der Waals surface area contributed by atoms with Crippen molar-refractivity contribution in [2.45, 2.75) is 31.7 Å². The highest BCUT2D eigenvalue weighted by Crippen LogP contribution is 2.26. The molecule has 0 aliphatic carbocycles. The van der Waals surface area contributed by atoms with Crippen LogP contribution >= 0.6 is 0 Å². The number of carbonyl (C=O) groups is 1. The molecule has 1 amide bonds. The largest absolute Gasteiger partial charge is 0.421 e. The molecule has 1 saturated heterocycles. The predicted octanol–water partition coefficient (Wildman–Crippen LogP) is 4.90. The zero-order valence-electron chi connectivity index (χ0n) is 17.5. The number of halogens is 1. The first kappa shape index (κ1) is 20.2. The van der Waals surface area contributed by atoms with Crippen LogP contribution in [-0.2, 0) is 6.42 Å². The van der Waals surface area contributed by atoms with Crippen molar-refractivity contribution < 1.29 is 13.6 Å². The first-order valence-electron chi connectivity index (χ1n) is 10.8. The molecule has 32 heavy (non-hydrogen) atoms. The lowest BCUT2D eigenvalue weighted by Gasteiger charge is -2.35. The Bertz CT molecular complexity index is 1220. The molecule has 1 aliphatic rings. The number of hydrogen-bond donors (Lipinski definition) is 0. The normalized spacial score (nSPS) is 16.3. The molecule has 2 aromatic heterocycles. The summed E-state index contributed by atoms with van der Waals surface area (Å²) in [6.07, 6.45) is 7.22. The van der Waals surface area contributed by atoms with Crippen LogP contribution in [0.3, 0.4) is 0 Å². The summed E-state index contributed by atoms with van der Waals surface area (Å²) in [5.74, 6) is 0.385. The fourth-order valence-electron chi connectivity index (χ4n) is 4.29. The molecule has 0 unspecified atom stereocenters. The Morgan fingerprint density at radius 2 is 1.88 bits per heavy atom. The highest BCUT2D eigenvalue weighted by Gasteiger charge is 2.30. The fraction of sp³-hybridized carbons (Fsp3) is 0.240. The lowest BCUT2D eigenvalue weighted by Crippen LogP contribution is -2.45. The second-order valence-corrected chi connectivity index (χ2v) is 7.97. The molecule has 1 aliphatic heterocycles. The molecule has 0 saturated carbocycles. The van der Waals surface area contributed by atoms with Crippen molar-refractivity contribution in [1.29, 1.82) is 0 Å². The van der Waals surface area contributed by atoms with Crippen LogP contribution in [0.15, 0.2) is 77.5 Å². The fourth-order valence-corrected chi connectivity index (χ4v) is 4.29. The van der Waals surface area contributed by atoms with Gasteiger partial charge in [-0.05, 0) is 61.7 Å². The third-order valence-corrected chi connectivity index (χ3v) is 5.85. The Morgan fingerprint density at radius 1 is 1.03 bits per heavy atom. The molecule has 2 aromatic carbocycles. The van der Waals surface area contributed by atoms with Crippen molar-refractivity contribution >= 4 is 5.91 Å². The second kappa shape index (κ2) is 8.78. The summed E-state index contributed by atoms with van der Waals surface area (Å²) in [5.41, 5.74) is 2.07. The first-order chi connectivity index (χ1) is 15.7. The number of rotatable bonds is 5. The molecule has 4 aromatic rings. The lowest BCUT2D eigenvalue weighted by molar-refractivity contribution is 0.0605. The van der Waals surface area contributed by atoms with Gasteiger partial charge in [0.15, 0.2) is 0 Å². The van der Waals surface area contributed by atoms with Gasteiger partial charge in [0.1, 0.15) is 5.82 Å². The van der Waals surface area contributed by atoms with E-state index in [4.69, 9.17) is 4.42 Å². The summed E-state index contributed by atoms with van der Waals surface area (Å²) in [6, 6.07) is 17.6. The van der Waals surface area contributed by atoms with Gasteiger partial charge in [-0.2, -0.15) is 0 Å². The smallest absolute Gasteiger partial charge is 0.256 e. The van der Waals surface area contributed by atoms with Gasteiger partial charge in [-0.1, -0.05) is 18.2 Å². The van der Waals surface area contributed by atoms with Gasteiger partial charge in [0.25, 0.3) is 5.91 Å². The van der Waals surface area contributed by atoms with Crippen molar-refractivity contribution in [3.8, 4) is 17.1 Å². The van der Waals surface area contributed by atoms with E-state index in [1.165, 1.54) is 12.1 Å². The van der Waals surface area contributed by atoms with Gasteiger partial charge in [-0.25, -0.2) is 4.39 Å². The van der Waals surface area contributed by atoms with Crippen molar-refractivity contribution in [2.75, 3.05) is 6.54 Å². The number of likely N-dealkylation sites (tertiary alicyclic amines) is 1. The summed E-state index contributed by atoms with van der Waals surface area (Å²) in [6.45, 7) is 0.689. The van der Waals surface area contributed by atoms with Crippen molar-refractivity contribution in [2.24, 2.45) is 0 Å². The van der Waals surface area contributed by atoms with E-state index >= 15 is 0 Å². The number of benzene rings is 2. The molecular formula is C25H23FN4O2. The van der Waals surface area contributed by atoms with E-state index < -0.39 is 0 Å². The average molecular weight is 430 g/mol. The third-order valence-electron chi connectivity index (χ3n) is 5.85. The summed E-state index contributed by atoms with van der Waals surface area (Å²) in [4.78, 5) is 15.5. The molecule has 3 heterocycles. The van der Waals surface area contributed by atoms with E-state index in [2.05, 4.69) is 10.2 Å². The highest BCUT2D eigenvalue weighted by atomic mass is 19.1. The Hall–Kier alpha value is -3.74. The monoisotopic (exact) mass is 430 g/mol. The minimum Gasteiger partial charge on any atom is -0.421 e. The summed E-state index contributed by atoms with van der Waals surface area (Å²) in [7, 11) is 0. The summed E-state index contributed by atoms with van der Waals surface area (Å²) < 4.78 is 21.3. The van der Waals surface area contributed by atoms with Crippen LogP contribution in [0.1, 0.15) is 35.5 Å². The standard InChI is InChI=1S/C25H23FN4O2/c26-19-9-7-8-18(16-19)24-28-27-23(32-24)17-20-10-3-4-15-30(20)25(31)21-11-1-2-12-22(21)29-13-5-6-14-29/h1-2,5-9,11-14,16,20H,3-4,10,15,17H2/t20-/m0/s1. The molecule has 162 valence electrons. The van der Waals surface area contributed by atoms with Crippen LogP contribution < -0.4 is 0 Å². The van der Waals surface area contributed by atoms with Crippen molar-refractivity contribution in [3.63, 3.8) is 0 Å². The minimum atomic E-state index is -0.354. The number of aromatic nitrogens is 3. The number of para-hydroxylation sites is 1. The lowest BCUT2D eigenvalue weighted by atomic mass is 9.97. The zero-order chi connectivity index (χ0) is 21.9. The molecule has 0 spiro atoms. The number of amides is 1. The summed E-state index contributed by atoms with van der Waals surface area (Å²) >= 11 is 0. The topological polar surface area (TPSA) is 64.2 Å². The van der Waals surface area contributed by atoms with E-state index in [9.17, 15) is 9.18 Å². The van der Waals surface area contributed by atoms with Crippen LogP contribution in [0.5, 0.6) is 0 Å². The predicted molar refractivity (Wildman–Crippen MR) is 118 cm³/mol. The van der Waals surface area contributed by atoms with Gasteiger partial charge in [0.2, 0.25) is 11.8 Å². The molecule has 5 rings (SSSR count). The van der Waals surface area contributed by atoms with Gasteiger partial charge in [0.05, 0.1) is 11.3 Å².